The van der Waals surface area contributed by atoms with Gasteiger partial charge in [0, 0.05) is 3.57 Å². The van der Waals surface area contributed by atoms with Gasteiger partial charge >= 0.3 is 0 Å². The highest BCUT2D eigenvalue weighted by atomic mass is 127. The lowest BCUT2D eigenvalue weighted by molar-refractivity contribution is 0.570. The summed E-state index contributed by atoms with van der Waals surface area (Å²) < 4.78 is 1.33. The molecular formula is C11H13I. The molecule has 1 aliphatic carbocycles. The lowest BCUT2D eigenvalue weighted by Crippen LogP contribution is -1.98. The fourth-order valence-electron chi connectivity index (χ4n) is 1.49. The van der Waals surface area contributed by atoms with Crippen molar-refractivity contribution >= 4 is 22.6 Å². The molecule has 1 heteroatoms. The van der Waals surface area contributed by atoms with Crippen molar-refractivity contribution in [3.05, 3.63) is 33.4 Å². The molecule has 0 spiro atoms. The Hall–Kier alpha value is -0.0500. The minimum Gasteiger partial charge on any atom is -0.0593 e. The molecule has 1 aromatic rings. The van der Waals surface area contributed by atoms with E-state index < -0.39 is 0 Å². The maximum atomic E-state index is 2.38. The lowest BCUT2D eigenvalue weighted by Gasteiger charge is -2.07. The number of benzene rings is 1. The van der Waals surface area contributed by atoms with Gasteiger partial charge in [0.05, 0.1) is 0 Å². The summed E-state index contributed by atoms with van der Waals surface area (Å²) in [5, 5.41) is 0. The van der Waals surface area contributed by atoms with Crippen molar-refractivity contribution in [3.63, 3.8) is 0 Å². The summed E-state index contributed by atoms with van der Waals surface area (Å²) in [6.07, 6.45) is 4.10. The van der Waals surface area contributed by atoms with E-state index in [4.69, 9.17) is 0 Å². The third kappa shape index (κ3) is 2.00. The van der Waals surface area contributed by atoms with Gasteiger partial charge in [0.15, 0.2) is 0 Å². The third-order valence-electron chi connectivity index (χ3n) is 2.65. The zero-order valence-corrected chi connectivity index (χ0v) is 9.47. The van der Waals surface area contributed by atoms with Crippen molar-refractivity contribution < 1.29 is 0 Å². The van der Waals surface area contributed by atoms with E-state index in [9.17, 15) is 0 Å². The molecule has 1 fully saturated rings. The van der Waals surface area contributed by atoms with Crippen molar-refractivity contribution in [2.45, 2.75) is 26.2 Å². The van der Waals surface area contributed by atoms with E-state index in [-0.39, 0.29) is 0 Å². The Bertz CT molecular complexity index is 270. The molecular weight excluding hydrogens is 259 g/mol. The van der Waals surface area contributed by atoms with Crippen LogP contribution in [0.2, 0.25) is 0 Å². The molecule has 0 unspecified atom stereocenters. The van der Waals surface area contributed by atoms with Crippen LogP contribution in [0.3, 0.4) is 0 Å². The molecule has 0 N–H and O–H groups in total. The number of hydrogen-bond acceptors (Lipinski definition) is 0. The minimum atomic E-state index is 0.646. The number of halogens is 1. The maximum Gasteiger partial charge on any atom is 0.0130 e. The van der Waals surface area contributed by atoms with Crippen LogP contribution in [-0.2, 0) is 6.42 Å². The molecule has 0 bridgehead atoms. The fourth-order valence-corrected chi connectivity index (χ4v) is 1.84. The Morgan fingerprint density at radius 1 is 1.25 bits per heavy atom. The first-order valence-electron chi connectivity index (χ1n) is 4.42. The molecule has 0 atom stereocenters. The van der Waals surface area contributed by atoms with E-state index in [1.165, 1.54) is 28.4 Å². The molecule has 1 aromatic carbocycles. The quantitative estimate of drug-likeness (QED) is 0.721. The van der Waals surface area contributed by atoms with Crippen LogP contribution in [0.15, 0.2) is 24.3 Å². The zero-order chi connectivity index (χ0) is 8.60. The van der Waals surface area contributed by atoms with Crippen molar-refractivity contribution in [1.82, 2.24) is 0 Å². The van der Waals surface area contributed by atoms with Gasteiger partial charge in [0.25, 0.3) is 0 Å². The molecule has 0 nitrogen and oxygen atoms in total. The fraction of sp³-hybridized carbons (Fsp3) is 0.455. The van der Waals surface area contributed by atoms with Gasteiger partial charge in [-0.1, -0.05) is 19.1 Å². The summed E-state index contributed by atoms with van der Waals surface area (Å²) in [7, 11) is 0. The first-order chi connectivity index (χ1) is 5.68. The van der Waals surface area contributed by atoms with Gasteiger partial charge in [-0.3, -0.25) is 0 Å². The van der Waals surface area contributed by atoms with Crippen LogP contribution in [0.4, 0.5) is 0 Å². The van der Waals surface area contributed by atoms with Crippen LogP contribution in [0, 0.1) is 8.99 Å². The van der Waals surface area contributed by atoms with E-state index in [1.807, 2.05) is 0 Å². The summed E-state index contributed by atoms with van der Waals surface area (Å²) in [4.78, 5) is 0. The van der Waals surface area contributed by atoms with Gasteiger partial charge in [-0.05, 0) is 65.0 Å². The van der Waals surface area contributed by atoms with Crippen molar-refractivity contribution in [2.24, 2.45) is 5.41 Å². The highest BCUT2D eigenvalue weighted by molar-refractivity contribution is 14.1. The van der Waals surface area contributed by atoms with Gasteiger partial charge in [-0.15, -0.1) is 0 Å². The van der Waals surface area contributed by atoms with Gasteiger partial charge in [0.2, 0.25) is 0 Å². The van der Waals surface area contributed by atoms with Crippen molar-refractivity contribution in [1.29, 1.82) is 0 Å². The minimum absolute atomic E-state index is 0.646. The van der Waals surface area contributed by atoms with Crippen LogP contribution >= 0.6 is 22.6 Å². The zero-order valence-electron chi connectivity index (χ0n) is 7.31. The Labute approximate surface area is 87.5 Å². The Morgan fingerprint density at radius 2 is 1.83 bits per heavy atom. The molecule has 1 aliphatic rings. The largest absolute Gasteiger partial charge is 0.0593 e. The molecule has 0 radical (unpaired) electrons. The first kappa shape index (κ1) is 8.54. The predicted octanol–water partition coefficient (Wildman–Crippen LogP) is 3.63. The molecule has 64 valence electrons. The van der Waals surface area contributed by atoms with Gasteiger partial charge in [-0.25, -0.2) is 0 Å². The second-order valence-corrected chi connectivity index (χ2v) is 5.36. The molecule has 0 aliphatic heterocycles. The highest BCUT2D eigenvalue weighted by Crippen LogP contribution is 2.47. The molecule has 0 amide bonds. The Morgan fingerprint density at radius 3 is 2.33 bits per heavy atom. The Balaban J connectivity index is 2.08. The predicted molar refractivity (Wildman–Crippen MR) is 60.2 cm³/mol. The van der Waals surface area contributed by atoms with E-state index >= 15 is 0 Å². The topological polar surface area (TPSA) is 0 Å². The Kier molecular flexibility index (Phi) is 2.15. The van der Waals surface area contributed by atoms with E-state index in [0.717, 1.165) is 0 Å². The standard InChI is InChI=1S/C11H13I/c1-11(6-7-11)8-9-2-4-10(12)5-3-9/h2-5H,6-8H2,1H3. The molecule has 0 saturated heterocycles. The summed E-state index contributed by atoms with van der Waals surface area (Å²) in [5.74, 6) is 0. The third-order valence-corrected chi connectivity index (χ3v) is 3.37. The highest BCUT2D eigenvalue weighted by Gasteiger charge is 2.36. The van der Waals surface area contributed by atoms with Crippen LogP contribution in [0.5, 0.6) is 0 Å². The number of rotatable bonds is 2. The molecule has 0 aromatic heterocycles. The lowest BCUT2D eigenvalue weighted by atomic mass is 9.99. The van der Waals surface area contributed by atoms with Crippen LogP contribution < -0.4 is 0 Å². The van der Waals surface area contributed by atoms with Gasteiger partial charge < -0.3 is 0 Å². The summed E-state index contributed by atoms with van der Waals surface area (Å²) in [6, 6.07) is 8.90. The van der Waals surface area contributed by atoms with Crippen molar-refractivity contribution in [2.75, 3.05) is 0 Å². The average molecular weight is 272 g/mol. The van der Waals surface area contributed by atoms with Crippen LogP contribution in [0.25, 0.3) is 0 Å². The monoisotopic (exact) mass is 272 g/mol. The average Bonchev–Trinajstić information content (AvgIpc) is 2.74. The molecule has 2 rings (SSSR count). The van der Waals surface area contributed by atoms with E-state index in [2.05, 4.69) is 53.8 Å². The van der Waals surface area contributed by atoms with Gasteiger partial charge in [0.1, 0.15) is 0 Å². The van der Waals surface area contributed by atoms with Gasteiger partial charge in [-0.2, -0.15) is 0 Å². The SMILES string of the molecule is CC1(Cc2ccc(I)cc2)CC1. The molecule has 1 saturated carbocycles. The first-order valence-corrected chi connectivity index (χ1v) is 5.50. The molecule has 0 heterocycles. The summed E-state index contributed by atoms with van der Waals surface area (Å²) in [5.41, 5.74) is 2.14. The smallest absolute Gasteiger partial charge is 0.0130 e. The maximum absolute atomic E-state index is 2.38. The number of hydrogen-bond donors (Lipinski definition) is 0. The second-order valence-electron chi connectivity index (χ2n) is 4.11. The van der Waals surface area contributed by atoms with E-state index in [1.54, 1.807) is 0 Å². The normalized spacial score (nSPS) is 19.2. The summed E-state index contributed by atoms with van der Waals surface area (Å²) >= 11 is 2.35. The summed E-state index contributed by atoms with van der Waals surface area (Å²) in [6.45, 7) is 2.38. The van der Waals surface area contributed by atoms with Crippen LogP contribution in [-0.4, -0.2) is 0 Å². The van der Waals surface area contributed by atoms with Crippen molar-refractivity contribution in [3.8, 4) is 0 Å². The molecule has 12 heavy (non-hydrogen) atoms. The second kappa shape index (κ2) is 3.02. The van der Waals surface area contributed by atoms with Crippen LogP contribution in [0.1, 0.15) is 25.3 Å². The van der Waals surface area contributed by atoms with E-state index in [0.29, 0.717) is 5.41 Å².